The number of morpholine rings is 1. The van der Waals surface area contributed by atoms with E-state index in [4.69, 9.17) is 4.74 Å². The molecule has 2 N–H and O–H groups in total. The molecule has 1 saturated heterocycles. The van der Waals surface area contributed by atoms with Gasteiger partial charge in [-0.05, 0) is 37.8 Å². The Bertz CT molecular complexity index is 575. The second kappa shape index (κ2) is 8.97. The fourth-order valence-electron chi connectivity index (χ4n) is 3.00. The molecule has 6 nitrogen and oxygen atoms in total. The van der Waals surface area contributed by atoms with E-state index >= 15 is 0 Å². The highest BCUT2D eigenvalue weighted by Crippen LogP contribution is 2.22. The number of carbonyl (C=O) groups is 2. The van der Waals surface area contributed by atoms with E-state index in [1.165, 1.54) is 5.56 Å². The molecule has 0 unspecified atom stereocenters. The van der Waals surface area contributed by atoms with Crippen LogP contribution in [0.15, 0.2) is 30.3 Å². The Morgan fingerprint density at radius 3 is 2.68 bits per heavy atom. The molecule has 1 aromatic carbocycles. The highest BCUT2D eigenvalue weighted by atomic mass is 16.5. The van der Waals surface area contributed by atoms with Gasteiger partial charge in [0.25, 0.3) is 0 Å². The number of hydrogen-bond acceptors (Lipinski definition) is 4. The van der Waals surface area contributed by atoms with Crippen LogP contribution in [0.1, 0.15) is 37.4 Å². The van der Waals surface area contributed by atoms with Crippen molar-refractivity contribution < 1.29 is 14.3 Å². The first-order valence-electron chi connectivity index (χ1n) is 9.20. The number of ether oxygens (including phenoxy) is 1. The van der Waals surface area contributed by atoms with Crippen LogP contribution in [0.2, 0.25) is 0 Å². The van der Waals surface area contributed by atoms with Gasteiger partial charge >= 0.3 is 11.8 Å². The van der Waals surface area contributed by atoms with E-state index in [1.807, 2.05) is 18.2 Å². The molecule has 1 saturated carbocycles. The molecular weight excluding hydrogens is 318 g/mol. The number of carbonyl (C=O) groups excluding carboxylic acids is 2. The van der Waals surface area contributed by atoms with E-state index in [1.54, 1.807) is 0 Å². The van der Waals surface area contributed by atoms with Crippen molar-refractivity contribution in [2.75, 3.05) is 32.8 Å². The summed E-state index contributed by atoms with van der Waals surface area (Å²) in [6.07, 6.45) is 3.98. The van der Waals surface area contributed by atoms with E-state index in [9.17, 15) is 9.59 Å². The molecule has 1 heterocycles. The molecular formula is C19H27N3O3. The van der Waals surface area contributed by atoms with Gasteiger partial charge in [-0.2, -0.15) is 0 Å². The average Bonchev–Trinajstić information content (AvgIpc) is 3.46. The molecule has 1 aliphatic carbocycles. The molecule has 1 atom stereocenters. The Morgan fingerprint density at radius 2 is 1.92 bits per heavy atom. The zero-order valence-corrected chi connectivity index (χ0v) is 14.6. The highest BCUT2D eigenvalue weighted by molar-refractivity contribution is 6.35. The Hall–Kier alpha value is -1.92. The van der Waals surface area contributed by atoms with E-state index in [-0.39, 0.29) is 12.1 Å². The maximum absolute atomic E-state index is 11.6. The van der Waals surface area contributed by atoms with Crippen molar-refractivity contribution in [2.45, 2.75) is 37.8 Å². The zero-order chi connectivity index (χ0) is 17.5. The summed E-state index contributed by atoms with van der Waals surface area (Å²) in [6.45, 7) is 4.12. The van der Waals surface area contributed by atoms with E-state index in [0.29, 0.717) is 6.54 Å². The maximum atomic E-state index is 11.6. The lowest BCUT2D eigenvalue weighted by Crippen LogP contribution is -2.41. The smallest absolute Gasteiger partial charge is 0.309 e. The number of unbranched alkanes of at least 4 members (excludes halogenated alkanes) is 1. The zero-order valence-electron chi connectivity index (χ0n) is 14.6. The Labute approximate surface area is 148 Å². The lowest BCUT2D eigenvalue weighted by Gasteiger charge is -2.33. The predicted octanol–water partition coefficient (Wildman–Crippen LogP) is 1.23. The van der Waals surface area contributed by atoms with Crippen LogP contribution in [-0.4, -0.2) is 55.5 Å². The maximum Gasteiger partial charge on any atom is 0.309 e. The largest absolute Gasteiger partial charge is 0.371 e. The third-order valence-corrected chi connectivity index (χ3v) is 4.63. The van der Waals surface area contributed by atoms with E-state index in [0.717, 1.165) is 51.9 Å². The van der Waals surface area contributed by atoms with Crippen molar-refractivity contribution in [3.63, 3.8) is 0 Å². The summed E-state index contributed by atoms with van der Waals surface area (Å²) >= 11 is 0. The van der Waals surface area contributed by atoms with Crippen LogP contribution < -0.4 is 10.6 Å². The van der Waals surface area contributed by atoms with E-state index < -0.39 is 11.8 Å². The monoisotopic (exact) mass is 345 g/mol. The average molecular weight is 345 g/mol. The molecule has 2 amide bonds. The van der Waals surface area contributed by atoms with Crippen LogP contribution in [0.5, 0.6) is 0 Å². The molecule has 2 aliphatic rings. The highest BCUT2D eigenvalue weighted by Gasteiger charge is 2.26. The van der Waals surface area contributed by atoms with Gasteiger partial charge in [-0.25, -0.2) is 0 Å². The van der Waals surface area contributed by atoms with Crippen molar-refractivity contribution in [3.8, 4) is 0 Å². The second-order valence-electron chi connectivity index (χ2n) is 6.78. The van der Waals surface area contributed by atoms with Crippen molar-refractivity contribution in [3.05, 3.63) is 35.9 Å². The van der Waals surface area contributed by atoms with Gasteiger partial charge in [0.05, 0.1) is 12.7 Å². The molecule has 0 bridgehead atoms. The SMILES string of the molecule is O=C(NCCCCN1CCO[C@@H](c2ccccc2)C1)C(=O)NC1CC1. The summed E-state index contributed by atoms with van der Waals surface area (Å²) in [5.41, 5.74) is 1.22. The quantitative estimate of drug-likeness (QED) is 0.576. The molecule has 0 aromatic heterocycles. The van der Waals surface area contributed by atoms with Crippen molar-refractivity contribution in [2.24, 2.45) is 0 Å². The topological polar surface area (TPSA) is 70.7 Å². The van der Waals surface area contributed by atoms with Gasteiger partial charge in [-0.15, -0.1) is 0 Å². The van der Waals surface area contributed by atoms with Gasteiger partial charge in [-0.1, -0.05) is 30.3 Å². The van der Waals surface area contributed by atoms with Crippen LogP contribution in [0, 0.1) is 0 Å². The number of hydrogen-bond donors (Lipinski definition) is 2. The first-order chi connectivity index (χ1) is 12.2. The molecule has 0 spiro atoms. The summed E-state index contributed by atoms with van der Waals surface area (Å²) < 4.78 is 5.87. The second-order valence-corrected chi connectivity index (χ2v) is 6.78. The van der Waals surface area contributed by atoms with Crippen molar-refractivity contribution in [1.29, 1.82) is 0 Å². The fraction of sp³-hybridized carbons (Fsp3) is 0.579. The minimum atomic E-state index is -0.512. The summed E-state index contributed by atoms with van der Waals surface area (Å²) in [4.78, 5) is 25.6. The number of rotatable bonds is 7. The summed E-state index contributed by atoms with van der Waals surface area (Å²) in [6, 6.07) is 10.5. The predicted molar refractivity (Wildman–Crippen MR) is 95.0 cm³/mol. The lowest BCUT2D eigenvalue weighted by molar-refractivity contribution is -0.139. The van der Waals surface area contributed by atoms with Gasteiger partial charge in [-0.3, -0.25) is 14.5 Å². The van der Waals surface area contributed by atoms with Crippen LogP contribution in [-0.2, 0) is 14.3 Å². The van der Waals surface area contributed by atoms with E-state index in [2.05, 4.69) is 27.7 Å². The molecule has 3 rings (SSSR count). The van der Waals surface area contributed by atoms with Crippen LogP contribution >= 0.6 is 0 Å². The summed E-state index contributed by atoms with van der Waals surface area (Å²) in [7, 11) is 0. The van der Waals surface area contributed by atoms with Crippen LogP contribution in [0.25, 0.3) is 0 Å². The first-order valence-corrected chi connectivity index (χ1v) is 9.20. The Morgan fingerprint density at radius 1 is 1.12 bits per heavy atom. The first kappa shape index (κ1) is 17.9. The molecule has 1 aromatic rings. The summed E-state index contributed by atoms with van der Waals surface area (Å²) in [5.74, 6) is -1.01. The molecule has 136 valence electrons. The third kappa shape index (κ3) is 5.83. The minimum absolute atomic E-state index is 0.140. The van der Waals surface area contributed by atoms with Crippen LogP contribution in [0.3, 0.4) is 0 Å². The number of amides is 2. The molecule has 1 aliphatic heterocycles. The van der Waals surface area contributed by atoms with Crippen molar-refractivity contribution in [1.82, 2.24) is 15.5 Å². The molecule has 25 heavy (non-hydrogen) atoms. The number of nitrogens with zero attached hydrogens (tertiary/aromatic N) is 1. The molecule has 2 fully saturated rings. The van der Waals surface area contributed by atoms with Gasteiger partial charge in [0.1, 0.15) is 0 Å². The molecule has 0 radical (unpaired) electrons. The van der Waals surface area contributed by atoms with Gasteiger partial charge in [0.15, 0.2) is 0 Å². The van der Waals surface area contributed by atoms with Crippen LogP contribution in [0.4, 0.5) is 0 Å². The third-order valence-electron chi connectivity index (χ3n) is 4.63. The normalized spacial score (nSPS) is 20.9. The fourth-order valence-corrected chi connectivity index (χ4v) is 3.00. The van der Waals surface area contributed by atoms with Gasteiger partial charge in [0.2, 0.25) is 0 Å². The Kier molecular flexibility index (Phi) is 6.42. The number of nitrogens with one attached hydrogen (secondary N) is 2. The standard InChI is InChI=1S/C19H27N3O3/c23-18(19(24)21-16-8-9-16)20-10-4-5-11-22-12-13-25-17(14-22)15-6-2-1-3-7-15/h1-3,6-7,16-17H,4-5,8-14H2,(H,20,23)(H,21,24)/t17-/m1/s1. The number of benzene rings is 1. The molecule has 6 heteroatoms. The van der Waals surface area contributed by atoms with Gasteiger partial charge < -0.3 is 15.4 Å². The summed E-state index contributed by atoms with van der Waals surface area (Å²) in [5, 5.41) is 5.39. The van der Waals surface area contributed by atoms with Gasteiger partial charge in [0, 0.05) is 25.7 Å². The lowest BCUT2D eigenvalue weighted by atomic mass is 10.1. The minimum Gasteiger partial charge on any atom is -0.371 e. The van der Waals surface area contributed by atoms with Crippen molar-refractivity contribution >= 4 is 11.8 Å². The Balaban J connectivity index is 1.29.